The van der Waals surface area contributed by atoms with Crippen LogP contribution in [0.3, 0.4) is 0 Å². The smallest absolute Gasteiger partial charge is 0.311 e. The van der Waals surface area contributed by atoms with Crippen LogP contribution in [0.5, 0.6) is 5.75 Å². The predicted octanol–water partition coefficient (Wildman–Crippen LogP) is 4.68. The van der Waals surface area contributed by atoms with Crippen LogP contribution in [0, 0.1) is 0 Å². The highest BCUT2D eigenvalue weighted by atomic mass is 16.5. The number of ether oxygens (including phenoxy) is 1. The summed E-state index contributed by atoms with van der Waals surface area (Å²) in [5.41, 5.74) is 2.75. The largest absolute Gasteiger partial charge is 0.489 e. The molecule has 0 aromatic heterocycles. The van der Waals surface area contributed by atoms with Crippen molar-refractivity contribution in [2.45, 2.75) is 18.9 Å². The molecule has 25 heavy (non-hydrogen) atoms. The molecule has 3 rings (SSSR count). The summed E-state index contributed by atoms with van der Waals surface area (Å²) in [6.07, 6.45) is 0.432. The number of aliphatic carboxylic acids is 1. The number of hydrogen-bond acceptors (Lipinski definition) is 2. The second-order valence-electron chi connectivity index (χ2n) is 5.89. The zero-order valence-corrected chi connectivity index (χ0v) is 13.8. The third kappa shape index (κ3) is 4.48. The van der Waals surface area contributed by atoms with Gasteiger partial charge in [-0.25, -0.2) is 0 Å². The first kappa shape index (κ1) is 16.8. The summed E-state index contributed by atoms with van der Waals surface area (Å²) in [6.45, 7) is 0.412. The molecule has 1 N–H and O–H groups in total. The molecule has 0 aliphatic rings. The first-order valence-electron chi connectivity index (χ1n) is 8.26. The number of para-hydroxylation sites is 1. The van der Waals surface area contributed by atoms with Crippen LogP contribution in [0.25, 0.3) is 0 Å². The Kier molecular flexibility index (Phi) is 5.47. The van der Waals surface area contributed by atoms with E-state index >= 15 is 0 Å². The zero-order chi connectivity index (χ0) is 17.5. The summed E-state index contributed by atoms with van der Waals surface area (Å²) < 4.78 is 5.93. The number of hydrogen-bond donors (Lipinski definition) is 1. The maximum absolute atomic E-state index is 11.9. The van der Waals surface area contributed by atoms with Crippen molar-refractivity contribution in [1.82, 2.24) is 0 Å². The number of benzene rings is 3. The van der Waals surface area contributed by atoms with E-state index in [9.17, 15) is 9.90 Å². The van der Waals surface area contributed by atoms with Crippen molar-refractivity contribution in [2.24, 2.45) is 0 Å². The highest BCUT2D eigenvalue weighted by molar-refractivity contribution is 5.77. The van der Waals surface area contributed by atoms with Gasteiger partial charge in [0, 0.05) is 5.56 Å². The van der Waals surface area contributed by atoms with Gasteiger partial charge >= 0.3 is 5.97 Å². The fourth-order valence-corrected chi connectivity index (χ4v) is 2.82. The maximum atomic E-state index is 11.9. The summed E-state index contributed by atoms with van der Waals surface area (Å²) in [7, 11) is 0. The van der Waals surface area contributed by atoms with Gasteiger partial charge in [-0.15, -0.1) is 0 Å². The summed E-state index contributed by atoms with van der Waals surface area (Å²) in [6, 6.07) is 26.9. The number of carbonyl (C=O) groups is 1. The second kappa shape index (κ2) is 8.15. The maximum Gasteiger partial charge on any atom is 0.311 e. The van der Waals surface area contributed by atoms with Crippen LogP contribution in [-0.2, 0) is 17.8 Å². The predicted molar refractivity (Wildman–Crippen MR) is 97.7 cm³/mol. The van der Waals surface area contributed by atoms with Gasteiger partial charge in [-0.3, -0.25) is 4.79 Å². The van der Waals surface area contributed by atoms with Crippen molar-refractivity contribution in [3.63, 3.8) is 0 Å². The average molecular weight is 332 g/mol. The molecule has 0 fully saturated rings. The summed E-state index contributed by atoms with van der Waals surface area (Å²) >= 11 is 0. The molecule has 3 nitrogen and oxygen atoms in total. The van der Waals surface area contributed by atoms with Gasteiger partial charge in [-0.2, -0.15) is 0 Å². The molecule has 1 unspecified atom stereocenters. The molecule has 3 aromatic rings. The van der Waals surface area contributed by atoms with Crippen molar-refractivity contribution in [3.05, 3.63) is 102 Å². The third-order valence-corrected chi connectivity index (χ3v) is 4.11. The van der Waals surface area contributed by atoms with Crippen LogP contribution in [0.15, 0.2) is 84.9 Å². The van der Waals surface area contributed by atoms with Gasteiger partial charge in [0.1, 0.15) is 12.4 Å². The number of rotatable bonds is 7. The Morgan fingerprint density at radius 2 is 1.36 bits per heavy atom. The van der Waals surface area contributed by atoms with Crippen LogP contribution in [-0.4, -0.2) is 11.1 Å². The summed E-state index contributed by atoms with van der Waals surface area (Å²) in [5.74, 6) is -0.872. The lowest BCUT2D eigenvalue weighted by molar-refractivity contribution is -0.138. The van der Waals surface area contributed by atoms with E-state index in [1.165, 1.54) is 0 Å². The van der Waals surface area contributed by atoms with Crippen LogP contribution in [0.2, 0.25) is 0 Å². The Morgan fingerprint density at radius 1 is 0.800 bits per heavy atom. The topological polar surface area (TPSA) is 46.5 Å². The van der Waals surface area contributed by atoms with E-state index in [0.717, 1.165) is 11.1 Å². The van der Waals surface area contributed by atoms with E-state index in [1.807, 2.05) is 84.9 Å². The molecule has 0 spiro atoms. The molecule has 0 saturated carbocycles. The number of carboxylic acids is 1. The van der Waals surface area contributed by atoms with Gasteiger partial charge < -0.3 is 9.84 Å². The minimum Gasteiger partial charge on any atom is -0.489 e. The first-order chi connectivity index (χ1) is 12.2. The average Bonchev–Trinajstić information content (AvgIpc) is 2.66. The van der Waals surface area contributed by atoms with E-state index in [4.69, 9.17) is 4.74 Å². The van der Waals surface area contributed by atoms with Crippen molar-refractivity contribution < 1.29 is 14.6 Å². The van der Waals surface area contributed by atoms with Crippen molar-refractivity contribution >= 4 is 5.97 Å². The van der Waals surface area contributed by atoms with Gasteiger partial charge in [0.2, 0.25) is 0 Å². The van der Waals surface area contributed by atoms with Crippen molar-refractivity contribution in [2.75, 3.05) is 0 Å². The molecule has 3 aromatic carbocycles. The highest BCUT2D eigenvalue weighted by Crippen LogP contribution is 2.30. The lowest BCUT2D eigenvalue weighted by Crippen LogP contribution is -2.15. The molecule has 126 valence electrons. The van der Waals surface area contributed by atoms with Crippen molar-refractivity contribution in [3.8, 4) is 5.75 Å². The van der Waals surface area contributed by atoms with Crippen LogP contribution in [0.1, 0.15) is 22.6 Å². The Balaban J connectivity index is 1.82. The monoisotopic (exact) mass is 332 g/mol. The van der Waals surface area contributed by atoms with Crippen LogP contribution in [0.4, 0.5) is 0 Å². The van der Waals surface area contributed by atoms with Gasteiger partial charge in [0.05, 0.1) is 5.92 Å². The van der Waals surface area contributed by atoms with Gasteiger partial charge in [-0.05, 0) is 23.6 Å². The SMILES string of the molecule is O=C(O)C(Cc1ccccc1)c1ccccc1OCc1ccccc1. The molecule has 0 heterocycles. The van der Waals surface area contributed by atoms with E-state index in [2.05, 4.69) is 0 Å². The van der Waals surface area contributed by atoms with E-state index in [0.29, 0.717) is 24.3 Å². The standard InChI is InChI=1S/C22H20O3/c23-22(24)20(15-17-9-3-1-4-10-17)19-13-7-8-14-21(19)25-16-18-11-5-2-6-12-18/h1-14,20H,15-16H2,(H,23,24). The van der Waals surface area contributed by atoms with E-state index in [-0.39, 0.29) is 0 Å². The minimum atomic E-state index is -0.848. The Labute approximate surface area is 147 Å². The molecule has 0 aliphatic carbocycles. The molecule has 0 bridgehead atoms. The summed E-state index contributed by atoms with van der Waals surface area (Å²) in [5, 5.41) is 9.74. The molecular formula is C22H20O3. The normalized spacial score (nSPS) is 11.7. The second-order valence-corrected chi connectivity index (χ2v) is 5.89. The Hall–Kier alpha value is -3.07. The molecule has 0 aliphatic heterocycles. The van der Waals surface area contributed by atoms with Crippen LogP contribution >= 0.6 is 0 Å². The fourth-order valence-electron chi connectivity index (χ4n) is 2.82. The molecule has 0 radical (unpaired) electrons. The molecular weight excluding hydrogens is 312 g/mol. The van der Waals surface area contributed by atoms with Crippen LogP contribution < -0.4 is 4.74 Å². The quantitative estimate of drug-likeness (QED) is 0.683. The molecule has 3 heteroatoms. The Bertz CT molecular complexity index is 813. The van der Waals surface area contributed by atoms with E-state index in [1.54, 1.807) is 0 Å². The van der Waals surface area contributed by atoms with E-state index < -0.39 is 11.9 Å². The number of carboxylic acid groups (broad SMARTS) is 1. The Morgan fingerprint density at radius 3 is 2.00 bits per heavy atom. The fraction of sp³-hybridized carbons (Fsp3) is 0.136. The molecule has 0 saturated heterocycles. The van der Waals surface area contributed by atoms with Gasteiger partial charge in [0.15, 0.2) is 0 Å². The first-order valence-corrected chi connectivity index (χ1v) is 8.26. The lowest BCUT2D eigenvalue weighted by atomic mass is 9.91. The minimum absolute atomic E-state index is 0.412. The van der Waals surface area contributed by atoms with Gasteiger partial charge in [-0.1, -0.05) is 78.9 Å². The van der Waals surface area contributed by atoms with Gasteiger partial charge in [0.25, 0.3) is 0 Å². The summed E-state index contributed by atoms with van der Waals surface area (Å²) in [4.78, 5) is 11.9. The lowest BCUT2D eigenvalue weighted by Gasteiger charge is -2.17. The molecule has 0 amide bonds. The highest BCUT2D eigenvalue weighted by Gasteiger charge is 2.23. The third-order valence-electron chi connectivity index (χ3n) is 4.11. The van der Waals surface area contributed by atoms with Crippen molar-refractivity contribution in [1.29, 1.82) is 0 Å². The zero-order valence-electron chi connectivity index (χ0n) is 13.8. The molecule has 1 atom stereocenters.